The maximum absolute atomic E-state index is 16.3. The third-order valence-corrected chi connectivity index (χ3v) is 11.1. The fourth-order valence-corrected chi connectivity index (χ4v) is 8.38. The highest BCUT2D eigenvalue weighted by Gasteiger charge is 2.34. The lowest BCUT2D eigenvalue weighted by Crippen LogP contribution is -2.18. The highest BCUT2D eigenvalue weighted by molar-refractivity contribution is 6.43. The van der Waals surface area contributed by atoms with Crippen LogP contribution in [0.5, 0.6) is 5.75 Å². The zero-order valence-corrected chi connectivity index (χ0v) is 32.1. The van der Waals surface area contributed by atoms with Gasteiger partial charge in [0, 0.05) is 44.4 Å². The number of rotatable bonds is 9. The molecule has 0 spiro atoms. The first-order valence-electron chi connectivity index (χ1n) is 19.6. The Bertz CT molecular complexity index is 3080. The normalized spacial score (nSPS) is 13.4. The number of benzene rings is 7. The van der Waals surface area contributed by atoms with E-state index in [0.29, 0.717) is 39.5 Å². The summed E-state index contributed by atoms with van der Waals surface area (Å²) in [4.78, 5) is 5.43. The van der Waals surface area contributed by atoms with Gasteiger partial charge >= 0.3 is 7.40 Å². The van der Waals surface area contributed by atoms with E-state index in [1.807, 2.05) is 127 Å². The molecule has 0 fully saturated rings. The van der Waals surface area contributed by atoms with Gasteiger partial charge in [-0.2, -0.15) is 0 Å². The molecule has 0 atom stereocenters. The molecule has 3 heterocycles. The Morgan fingerprint density at radius 1 is 0.559 bits per heavy atom. The summed E-state index contributed by atoms with van der Waals surface area (Å²) in [5.74, 6) is 0.643. The van der Waals surface area contributed by atoms with Gasteiger partial charge < -0.3 is 13.8 Å². The van der Waals surface area contributed by atoms with Crippen LogP contribution in [-0.2, 0) is 0 Å². The number of nitrogens with zero attached hydrogens (tertiary/aromatic N) is 3. The SMILES string of the molecule is COc1ccc(-c2cc(-c3ccccc3)c(/C(=C3\N=C(c4ccccc4)C=C3c3ccccc3)c3ccc4c(c3)c3ccccc3n4-c3ccccc3)n2B(F)F)cc1. The molecule has 0 saturated heterocycles. The van der Waals surface area contributed by atoms with Crippen LogP contribution in [0, 0.1) is 0 Å². The van der Waals surface area contributed by atoms with E-state index in [1.54, 1.807) is 19.2 Å². The Labute approximate surface area is 341 Å². The quantitative estimate of drug-likeness (QED) is 0.135. The van der Waals surface area contributed by atoms with Crippen LogP contribution in [0.15, 0.2) is 211 Å². The van der Waals surface area contributed by atoms with Crippen molar-refractivity contribution in [2.75, 3.05) is 7.11 Å². The Morgan fingerprint density at radius 3 is 1.81 bits per heavy atom. The summed E-state index contributed by atoms with van der Waals surface area (Å²) < 4.78 is 41.5. The van der Waals surface area contributed by atoms with Gasteiger partial charge in [0.1, 0.15) is 5.75 Å². The standard InChI is InChI=1S/C52H36BF2N3O/c1-59-41-29-26-38(27-30-41)49-34-44(36-18-8-3-9-19-36)52(58(49)53(54)55)50(51-43(35-16-6-2-7-17-35)33-46(56-51)37-20-10-4-11-21-37)39-28-31-48-45(32-39)42-24-14-15-25-47(42)57(48)40-22-12-5-13-23-40/h2-34H,1H3/b51-50-. The Morgan fingerprint density at radius 2 is 1.15 bits per heavy atom. The first-order valence-corrected chi connectivity index (χ1v) is 19.6. The molecule has 7 aromatic carbocycles. The summed E-state index contributed by atoms with van der Waals surface area (Å²) in [6.45, 7) is 0. The molecule has 0 unspecified atom stereocenters. The molecule has 1 aliphatic rings. The molecule has 282 valence electrons. The van der Waals surface area contributed by atoms with Crippen LogP contribution in [-0.4, -0.2) is 29.3 Å². The minimum Gasteiger partial charge on any atom is -0.497 e. The molecule has 10 rings (SSSR count). The summed E-state index contributed by atoms with van der Waals surface area (Å²) in [6.07, 6.45) is 2.09. The maximum Gasteiger partial charge on any atom is 0.678 e. The van der Waals surface area contributed by atoms with E-state index in [9.17, 15) is 0 Å². The summed E-state index contributed by atoms with van der Waals surface area (Å²) in [7, 11) is -1.30. The number of aliphatic imine (C=N–C) groups is 1. The highest BCUT2D eigenvalue weighted by Crippen LogP contribution is 2.46. The van der Waals surface area contributed by atoms with E-state index in [1.165, 1.54) is 4.48 Å². The lowest BCUT2D eigenvalue weighted by atomic mass is 9.89. The molecule has 4 nitrogen and oxygen atoms in total. The van der Waals surface area contributed by atoms with Crippen molar-refractivity contribution in [3.8, 4) is 33.8 Å². The third kappa shape index (κ3) is 6.37. The van der Waals surface area contributed by atoms with Crippen molar-refractivity contribution in [1.29, 1.82) is 0 Å². The lowest BCUT2D eigenvalue weighted by Gasteiger charge is -2.19. The van der Waals surface area contributed by atoms with E-state index in [2.05, 4.69) is 65.2 Å². The second kappa shape index (κ2) is 15.1. The van der Waals surface area contributed by atoms with Gasteiger partial charge in [0.15, 0.2) is 0 Å². The van der Waals surface area contributed by atoms with Gasteiger partial charge in [-0.3, -0.25) is 8.63 Å². The first kappa shape index (κ1) is 35.9. The monoisotopic (exact) mass is 767 g/mol. The second-order valence-corrected chi connectivity index (χ2v) is 14.5. The smallest absolute Gasteiger partial charge is 0.497 e. The van der Waals surface area contributed by atoms with E-state index in [4.69, 9.17) is 9.73 Å². The van der Waals surface area contributed by atoms with Crippen LogP contribution < -0.4 is 4.74 Å². The fraction of sp³-hybridized carbons (Fsp3) is 0.0192. The molecule has 7 heteroatoms. The zero-order valence-electron chi connectivity index (χ0n) is 32.1. The molecule has 2 aromatic heterocycles. The summed E-state index contributed by atoms with van der Waals surface area (Å²) in [5, 5.41) is 2.06. The summed E-state index contributed by atoms with van der Waals surface area (Å²) in [6, 6.07) is 64.0. The minimum atomic E-state index is -2.90. The molecule has 0 bridgehead atoms. The summed E-state index contributed by atoms with van der Waals surface area (Å²) in [5.41, 5.74) is 11.4. The number of para-hydroxylation sites is 2. The maximum atomic E-state index is 16.3. The van der Waals surface area contributed by atoms with E-state index < -0.39 is 7.40 Å². The van der Waals surface area contributed by atoms with Crippen LogP contribution in [0.25, 0.3) is 61.0 Å². The topological polar surface area (TPSA) is 31.4 Å². The van der Waals surface area contributed by atoms with Crippen molar-refractivity contribution in [2.45, 2.75) is 0 Å². The van der Waals surface area contributed by atoms with Crippen molar-refractivity contribution in [1.82, 2.24) is 9.05 Å². The van der Waals surface area contributed by atoms with Gasteiger partial charge in [-0.1, -0.05) is 133 Å². The van der Waals surface area contributed by atoms with Crippen LogP contribution in [0.1, 0.15) is 22.4 Å². The van der Waals surface area contributed by atoms with Crippen LogP contribution in [0.3, 0.4) is 0 Å². The van der Waals surface area contributed by atoms with E-state index in [-0.39, 0.29) is 0 Å². The predicted octanol–water partition coefficient (Wildman–Crippen LogP) is 13.0. The number of hydrogen-bond acceptors (Lipinski definition) is 2. The Balaban J connectivity index is 1.35. The third-order valence-electron chi connectivity index (χ3n) is 11.1. The van der Waals surface area contributed by atoms with Crippen LogP contribution >= 0.6 is 0 Å². The molecule has 0 saturated carbocycles. The van der Waals surface area contributed by atoms with Gasteiger partial charge in [0.2, 0.25) is 0 Å². The van der Waals surface area contributed by atoms with Crippen LogP contribution in [0.2, 0.25) is 0 Å². The van der Waals surface area contributed by atoms with E-state index >= 15 is 8.63 Å². The molecule has 0 aliphatic carbocycles. The predicted molar refractivity (Wildman–Crippen MR) is 239 cm³/mol. The zero-order chi connectivity index (χ0) is 39.9. The second-order valence-electron chi connectivity index (χ2n) is 14.5. The van der Waals surface area contributed by atoms with Crippen molar-refractivity contribution in [2.24, 2.45) is 4.99 Å². The van der Waals surface area contributed by atoms with Gasteiger partial charge in [-0.05, 0) is 89.0 Å². The van der Waals surface area contributed by atoms with Gasteiger partial charge in [0.05, 0.1) is 35.2 Å². The molecule has 0 amide bonds. The molecular weight excluding hydrogens is 731 g/mol. The molecule has 9 aromatic rings. The average Bonchev–Trinajstić information content (AvgIpc) is 4.01. The van der Waals surface area contributed by atoms with Gasteiger partial charge in [-0.15, -0.1) is 0 Å². The van der Waals surface area contributed by atoms with Crippen molar-refractivity contribution < 1.29 is 13.4 Å². The fourth-order valence-electron chi connectivity index (χ4n) is 8.38. The number of ether oxygens (including phenoxy) is 1. The van der Waals surface area contributed by atoms with Crippen molar-refractivity contribution >= 4 is 46.1 Å². The minimum absolute atomic E-state index is 0.373. The molecular formula is C52H36BF2N3O. The molecule has 1 aliphatic heterocycles. The number of allylic oxidation sites excluding steroid dienone is 2. The number of aromatic nitrogens is 2. The molecule has 0 radical (unpaired) electrons. The van der Waals surface area contributed by atoms with Crippen molar-refractivity contribution in [3.05, 3.63) is 228 Å². The van der Waals surface area contributed by atoms with Crippen molar-refractivity contribution in [3.63, 3.8) is 0 Å². The van der Waals surface area contributed by atoms with Crippen LogP contribution in [0.4, 0.5) is 8.63 Å². The first-order chi connectivity index (χ1) is 29.1. The molecule has 59 heavy (non-hydrogen) atoms. The van der Waals surface area contributed by atoms with Gasteiger partial charge in [0.25, 0.3) is 0 Å². The van der Waals surface area contributed by atoms with Gasteiger partial charge in [-0.25, -0.2) is 4.99 Å². The Hall–Kier alpha value is -7.51. The number of fused-ring (bicyclic) bond motifs is 3. The summed E-state index contributed by atoms with van der Waals surface area (Å²) >= 11 is 0. The largest absolute Gasteiger partial charge is 0.678 e. The van der Waals surface area contributed by atoms with E-state index in [0.717, 1.165) is 61.0 Å². The average molecular weight is 768 g/mol. The number of methoxy groups -OCH3 is 1. The number of halogens is 2. The molecule has 0 N–H and O–H groups in total. The number of hydrogen-bond donors (Lipinski definition) is 0. The lowest BCUT2D eigenvalue weighted by molar-refractivity contribution is 0.415. The highest BCUT2D eigenvalue weighted by atomic mass is 19.2. The Kier molecular flexibility index (Phi) is 9.19.